The molecule has 0 heterocycles. The second-order valence-electron chi connectivity index (χ2n) is 7.26. The molecule has 1 amide bonds. The predicted molar refractivity (Wildman–Crippen MR) is 94.1 cm³/mol. The fraction of sp³-hybridized carbons (Fsp3) is 0.944. The van der Waals surface area contributed by atoms with Crippen molar-refractivity contribution in [3.8, 4) is 0 Å². The number of hydrogen-bond donors (Lipinski definition) is 1. The number of carbonyl (C=O) groups excluding carboxylic acids is 1. The quantitative estimate of drug-likeness (QED) is 0.382. The van der Waals surface area contributed by atoms with Gasteiger partial charge in [0.15, 0.2) is 0 Å². The molecule has 0 aliphatic carbocycles. The maximum absolute atomic E-state index is 11.2. The summed E-state index contributed by atoms with van der Waals surface area (Å²) in [5, 5.41) is 2.71. The zero-order valence-corrected chi connectivity index (χ0v) is 15.5. The van der Waals surface area contributed by atoms with Gasteiger partial charge in [-0.3, -0.25) is 0 Å². The molecule has 0 atom stereocenters. The number of alkyl carbamates (subject to hydrolysis) is 1. The molecule has 132 valence electrons. The number of unbranched alkanes of at least 4 members (excludes halogenated alkanes) is 8. The third-order valence-electron chi connectivity index (χ3n) is 3.73. The van der Waals surface area contributed by atoms with Crippen molar-refractivity contribution >= 4 is 6.09 Å². The molecule has 4 nitrogen and oxygen atoms in total. The summed E-state index contributed by atoms with van der Waals surface area (Å²) in [5.41, 5.74) is 0. The average molecular weight is 316 g/mol. The molecule has 0 aliphatic heterocycles. The second-order valence-corrected chi connectivity index (χ2v) is 7.26. The molecular weight excluding hydrogens is 276 g/mol. The van der Waals surface area contributed by atoms with Gasteiger partial charge >= 0.3 is 6.09 Å². The van der Waals surface area contributed by atoms with Crippen molar-refractivity contribution in [1.82, 2.24) is 5.32 Å². The zero-order chi connectivity index (χ0) is 16.7. The molecule has 1 N–H and O–H groups in total. The van der Waals surface area contributed by atoms with E-state index in [1.807, 2.05) is 6.92 Å². The zero-order valence-electron chi connectivity index (χ0n) is 15.5. The van der Waals surface area contributed by atoms with Crippen molar-refractivity contribution in [2.75, 3.05) is 40.8 Å². The first-order valence-corrected chi connectivity index (χ1v) is 9.17. The lowest BCUT2D eigenvalue weighted by atomic mass is 10.1. The Hall–Kier alpha value is -0.770. The molecule has 0 fully saturated rings. The van der Waals surface area contributed by atoms with Crippen molar-refractivity contribution in [2.45, 2.75) is 71.1 Å². The standard InChI is InChI=1S/C18H38N2O2/c1-5-15-19-18(21)22-17-14-12-10-8-6-7-9-11-13-16-20(2,3)4/h5-17H2,1-4H3/p+1. The molecule has 0 spiro atoms. The minimum absolute atomic E-state index is 0.268. The molecule has 4 heteroatoms. The van der Waals surface area contributed by atoms with Crippen molar-refractivity contribution in [3.63, 3.8) is 0 Å². The Labute approximate surface area is 138 Å². The topological polar surface area (TPSA) is 38.3 Å². The Bertz CT molecular complexity index is 262. The van der Waals surface area contributed by atoms with Crippen molar-refractivity contribution < 1.29 is 14.0 Å². The summed E-state index contributed by atoms with van der Waals surface area (Å²) < 4.78 is 6.17. The summed E-state index contributed by atoms with van der Waals surface area (Å²) in [6.45, 7) is 4.57. The summed E-state index contributed by atoms with van der Waals surface area (Å²) in [6, 6.07) is 0. The maximum Gasteiger partial charge on any atom is 0.407 e. The van der Waals surface area contributed by atoms with E-state index < -0.39 is 0 Å². The van der Waals surface area contributed by atoms with E-state index in [0.29, 0.717) is 13.2 Å². The Morgan fingerprint density at radius 1 is 0.864 bits per heavy atom. The van der Waals surface area contributed by atoms with Gasteiger partial charge in [0, 0.05) is 6.54 Å². The van der Waals surface area contributed by atoms with Crippen LogP contribution in [0.15, 0.2) is 0 Å². The van der Waals surface area contributed by atoms with Gasteiger partial charge in [0.2, 0.25) is 0 Å². The minimum atomic E-state index is -0.268. The highest BCUT2D eigenvalue weighted by atomic mass is 16.5. The lowest BCUT2D eigenvalue weighted by Crippen LogP contribution is -2.35. The Balaban J connectivity index is 3.13. The van der Waals surface area contributed by atoms with Gasteiger partial charge in [0.05, 0.1) is 34.3 Å². The number of carbonyl (C=O) groups is 1. The Morgan fingerprint density at radius 2 is 1.36 bits per heavy atom. The van der Waals surface area contributed by atoms with Crippen molar-refractivity contribution in [1.29, 1.82) is 0 Å². The molecule has 22 heavy (non-hydrogen) atoms. The van der Waals surface area contributed by atoms with Gasteiger partial charge in [0.1, 0.15) is 0 Å². The summed E-state index contributed by atoms with van der Waals surface area (Å²) in [6.07, 6.45) is 12.2. The summed E-state index contributed by atoms with van der Waals surface area (Å²) >= 11 is 0. The molecular formula is C18H39N2O2+. The molecule has 0 saturated heterocycles. The first-order valence-electron chi connectivity index (χ1n) is 9.17. The molecule has 0 unspecified atom stereocenters. The van der Waals surface area contributed by atoms with E-state index in [4.69, 9.17) is 4.74 Å². The highest BCUT2D eigenvalue weighted by Gasteiger charge is 2.05. The predicted octanol–water partition coefficient (Wildman–Crippen LogP) is 4.34. The van der Waals surface area contributed by atoms with Crippen LogP contribution in [0.1, 0.15) is 71.1 Å². The number of ether oxygens (including phenoxy) is 1. The van der Waals surface area contributed by atoms with Crippen molar-refractivity contribution in [2.24, 2.45) is 0 Å². The monoisotopic (exact) mass is 315 g/mol. The van der Waals surface area contributed by atoms with Crippen LogP contribution in [0.4, 0.5) is 4.79 Å². The number of amides is 1. The average Bonchev–Trinajstić information content (AvgIpc) is 2.45. The van der Waals surface area contributed by atoms with E-state index >= 15 is 0 Å². The van der Waals surface area contributed by atoms with Gasteiger partial charge < -0.3 is 14.5 Å². The number of rotatable bonds is 14. The van der Waals surface area contributed by atoms with E-state index in [1.54, 1.807) is 0 Å². The SMILES string of the molecule is CCCNC(=O)OCCCCCCCCCCC[N+](C)(C)C. The van der Waals surface area contributed by atoms with Gasteiger partial charge in [-0.15, -0.1) is 0 Å². The Morgan fingerprint density at radius 3 is 1.86 bits per heavy atom. The molecule has 0 saturated carbocycles. The fourth-order valence-electron chi connectivity index (χ4n) is 2.37. The van der Waals surface area contributed by atoms with E-state index in [0.717, 1.165) is 17.3 Å². The largest absolute Gasteiger partial charge is 0.450 e. The number of hydrogen-bond acceptors (Lipinski definition) is 2. The normalized spacial score (nSPS) is 11.5. The van der Waals surface area contributed by atoms with Gasteiger partial charge in [-0.05, 0) is 25.7 Å². The minimum Gasteiger partial charge on any atom is -0.450 e. The maximum atomic E-state index is 11.2. The van der Waals surface area contributed by atoms with E-state index in [1.165, 1.54) is 57.9 Å². The molecule has 0 rings (SSSR count). The lowest BCUT2D eigenvalue weighted by Gasteiger charge is -2.23. The number of nitrogens with one attached hydrogen (secondary N) is 1. The van der Waals surface area contributed by atoms with Gasteiger partial charge in [-0.2, -0.15) is 0 Å². The summed E-state index contributed by atoms with van der Waals surface area (Å²) in [4.78, 5) is 11.2. The van der Waals surface area contributed by atoms with Crippen LogP contribution in [0, 0.1) is 0 Å². The van der Waals surface area contributed by atoms with Crippen LogP contribution < -0.4 is 5.32 Å². The van der Waals surface area contributed by atoms with Crippen LogP contribution in [0.5, 0.6) is 0 Å². The van der Waals surface area contributed by atoms with E-state index in [-0.39, 0.29) is 6.09 Å². The van der Waals surface area contributed by atoms with Gasteiger partial charge in [-0.1, -0.05) is 45.4 Å². The fourth-order valence-corrected chi connectivity index (χ4v) is 2.37. The van der Waals surface area contributed by atoms with Crippen molar-refractivity contribution in [3.05, 3.63) is 0 Å². The number of quaternary nitrogens is 1. The van der Waals surface area contributed by atoms with E-state index in [2.05, 4.69) is 26.5 Å². The smallest absolute Gasteiger partial charge is 0.407 e. The Kier molecular flexibility index (Phi) is 13.4. The lowest BCUT2D eigenvalue weighted by molar-refractivity contribution is -0.870. The van der Waals surface area contributed by atoms with Crippen LogP contribution >= 0.6 is 0 Å². The summed E-state index contributed by atoms with van der Waals surface area (Å²) in [7, 11) is 6.78. The first-order chi connectivity index (χ1) is 10.5. The number of nitrogens with zero attached hydrogens (tertiary/aromatic N) is 1. The van der Waals surface area contributed by atoms with Crippen LogP contribution in [-0.2, 0) is 4.74 Å². The van der Waals surface area contributed by atoms with Crippen LogP contribution in [0.2, 0.25) is 0 Å². The molecule has 0 aromatic heterocycles. The third kappa shape index (κ3) is 17.3. The second kappa shape index (κ2) is 13.9. The summed E-state index contributed by atoms with van der Waals surface area (Å²) in [5.74, 6) is 0. The molecule has 0 bridgehead atoms. The highest BCUT2D eigenvalue weighted by molar-refractivity contribution is 5.66. The third-order valence-corrected chi connectivity index (χ3v) is 3.73. The first kappa shape index (κ1) is 21.2. The molecule has 0 radical (unpaired) electrons. The van der Waals surface area contributed by atoms with Crippen LogP contribution in [0.25, 0.3) is 0 Å². The molecule has 0 aromatic rings. The van der Waals surface area contributed by atoms with Crippen LogP contribution in [-0.4, -0.2) is 51.4 Å². The van der Waals surface area contributed by atoms with Crippen LogP contribution in [0.3, 0.4) is 0 Å². The molecule has 0 aromatic carbocycles. The highest BCUT2D eigenvalue weighted by Crippen LogP contribution is 2.10. The van der Waals surface area contributed by atoms with Gasteiger partial charge in [-0.25, -0.2) is 4.79 Å². The van der Waals surface area contributed by atoms with E-state index in [9.17, 15) is 4.79 Å². The van der Waals surface area contributed by atoms with Gasteiger partial charge in [0.25, 0.3) is 0 Å². The molecule has 0 aliphatic rings.